The minimum Gasteiger partial charge on any atom is -0.383 e. The van der Waals surface area contributed by atoms with Crippen LogP contribution in [0.15, 0.2) is 24.5 Å². The van der Waals surface area contributed by atoms with Crippen molar-refractivity contribution in [3.63, 3.8) is 0 Å². The Morgan fingerprint density at radius 3 is 2.60 bits per heavy atom. The highest BCUT2D eigenvalue weighted by Gasteiger charge is 2.25. The van der Waals surface area contributed by atoms with E-state index >= 15 is 0 Å². The maximum absolute atomic E-state index is 12.0. The quantitative estimate of drug-likeness (QED) is 0.800. The lowest BCUT2D eigenvalue weighted by molar-refractivity contribution is -0.135. The zero-order valence-corrected chi connectivity index (χ0v) is 11.9. The summed E-state index contributed by atoms with van der Waals surface area (Å²) in [5, 5.41) is 0. The van der Waals surface area contributed by atoms with Crippen LogP contribution in [0.25, 0.3) is 0 Å². The predicted octanol–water partition coefficient (Wildman–Crippen LogP) is -0.300. The van der Waals surface area contributed by atoms with Crippen LogP contribution in [-0.4, -0.2) is 66.6 Å². The molecule has 0 saturated carbocycles. The van der Waals surface area contributed by atoms with E-state index in [2.05, 4.69) is 9.88 Å². The number of hydrogen-bond acceptors (Lipinski definition) is 5. The molecule has 1 aromatic rings. The number of pyridine rings is 1. The number of piperazine rings is 1. The first-order valence-electron chi connectivity index (χ1n) is 6.85. The molecule has 2 rings (SSSR count). The molecular formula is C14H22N4O2. The van der Waals surface area contributed by atoms with Gasteiger partial charge in [0, 0.05) is 52.2 Å². The summed E-state index contributed by atoms with van der Waals surface area (Å²) in [4.78, 5) is 20.2. The molecule has 1 aliphatic rings. The van der Waals surface area contributed by atoms with Gasteiger partial charge in [-0.05, 0) is 17.7 Å². The number of aromatic nitrogens is 1. The van der Waals surface area contributed by atoms with Crippen molar-refractivity contribution < 1.29 is 9.53 Å². The first kappa shape index (κ1) is 14.9. The van der Waals surface area contributed by atoms with Gasteiger partial charge in [-0.1, -0.05) is 0 Å². The summed E-state index contributed by atoms with van der Waals surface area (Å²) in [5.74, 6) is -0.0181. The third-order valence-electron chi connectivity index (χ3n) is 3.50. The summed E-state index contributed by atoms with van der Waals surface area (Å²) in [6, 6.07) is 3.49. The SMILES string of the molecule is COCC(N)C(=O)N1CCN(Cc2ccncc2)CC1. The van der Waals surface area contributed by atoms with Gasteiger partial charge in [0.2, 0.25) is 5.91 Å². The first-order chi connectivity index (χ1) is 9.70. The Kier molecular flexibility index (Phi) is 5.46. The average molecular weight is 278 g/mol. The van der Waals surface area contributed by atoms with E-state index in [9.17, 15) is 4.79 Å². The minimum atomic E-state index is -0.549. The second-order valence-electron chi connectivity index (χ2n) is 5.02. The number of nitrogens with two attached hydrogens (primary N) is 1. The van der Waals surface area contributed by atoms with Gasteiger partial charge >= 0.3 is 0 Å². The highest BCUT2D eigenvalue weighted by Crippen LogP contribution is 2.08. The number of nitrogens with zero attached hydrogens (tertiary/aromatic N) is 3. The molecule has 0 aromatic carbocycles. The third-order valence-corrected chi connectivity index (χ3v) is 3.50. The standard InChI is InChI=1S/C14H22N4O2/c1-20-11-13(15)14(19)18-8-6-17(7-9-18)10-12-2-4-16-5-3-12/h2-5,13H,6-11,15H2,1H3. The van der Waals surface area contributed by atoms with Crippen LogP contribution in [0.4, 0.5) is 0 Å². The smallest absolute Gasteiger partial charge is 0.241 e. The number of ether oxygens (including phenoxy) is 1. The molecule has 6 heteroatoms. The van der Waals surface area contributed by atoms with E-state index in [-0.39, 0.29) is 12.5 Å². The number of hydrogen-bond donors (Lipinski definition) is 1. The van der Waals surface area contributed by atoms with Gasteiger partial charge in [-0.25, -0.2) is 0 Å². The molecule has 0 bridgehead atoms. The van der Waals surface area contributed by atoms with Crippen LogP contribution in [-0.2, 0) is 16.1 Å². The Morgan fingerprint density at radius 2 is 2.00 bits per heavy atom. The molecule has 1 atom stereocenters. The molecule has 0 radical (unpaired) electrons. The lowest BCUT2D eigenvalue weighted by Gasteiger charge is -2.35. The van der Waals surface area contributed by atoms with E-state index in [0.717, 1.165) is 32.7 Å². The molecule has 1 aromatic heterocycles. The monoisotopic (exact) mass is 278 g/mol. The van der Waals surface area contributed by atoms with Gasteiger partial charge in [-0.2, -0.15) is 0 Å². The molecule has 6 nitrogen and oxygen atoms in total. The first-order valence-corrected chi connectivity index (χ1v) is 6.85. The molecule has 2 N–H and O–H groups in total. The maximum atomic E-state index is 12.0. The second-order valence-corrected chi connectivity index (χ2v) is 5.02. The number of amides is 1. The highest BCUT2D eigenvalue weighted by atomic mass is 16.5. The minimum absolute atomic E-state index is 0.0181. The van der Waals surface area contributed by atoms with Gasteiger partial charge < -0.3 is 15.4 Å². The molecule has 0 spiro atoms. The van der Waals surface area contributed by atoms with Gasteiger partial charge in [-0.15, -0.1) is 0 Å². The Balaban J connectivity index is 1.79. The van der Waals surface area contributed by atoms with Crippen LogP contribution in [0.2, 0.25) is 0 Å². The topological polar surface area (TPSA) is 71.7 Å². The van der Waals surface area contributed by atoms with Crippen LogP contribution >= 0.6 is 0 Å². The van der Waals surface area contributed by atoms with Crippen molar-refractivity contribution in [2.24, 2.45) is 5.73 Å². The van der Waals surface area contributed by atoms with Crippen molar-refractivity contribution in [1.82, 2.24) is 14.8 Å². The zero-order chi connectivity index (χ0) is 14.4. The van der Waals surface area contributed by atoms with E-state index in [0.29, 0.717) is 0 Å². The summed E-state index contributed by atoms with van der Waals surface area (Å²) in [7, 11) is 1.56. The highest BCUT2D eigenvalue weighted by molar-refractivity contribution is 5.81. The van der Waals surface area contributed by atoms with E-state index < -0.39 is 6.04 Å². The van der Waals surface area contributed by atoms with Crippen molar-refractivity contribution in [1.29, 1.82) is 0 Å². The summed E-state index contributed by atoms with van der Waals surface area (Å²) in [5.41, 5.74) is 7.03. The molecule has 20 heavy (non-hydrogen) atoms. The lowest BCUT2D eigenvalue weighted by atomic mass is 10.2. The van der Waals surface area contributed by atoms with Gasteiger partial charge in [0.25, 0.3) is 0 Å². The van der Waals surface area contributed by atoms with Crippen molar-refractivity contribution in [3.8, 4) is 0 Å². The van der Waals surface area contributed by atoms with Gasteiger partial charge in [0.05, 0.1) is 6.61 Å². The van der Waals surface area contributed by atoms with Crippen molar-refractivity contribution in [2.75, 3.05) is 39.9 Å². The number of methoxy groups -OCH3 is 1. The molecule has 1 unspecified atom stereocenters. The predicted molar refractivity (Wildman–Crippen MR) is 75.9 cm³/mol. The summed E-state index contributed by atoms with van der Waals surface area (Å²) in [6.45, 7) is 4.36. The molecule has 0 aliphatic carbocycles. The van der Waals surface area contributed by atoms with E-state index in [1.165, 1.54) is 5.56 Å². The van der Waals surface area contributed by atoms with Crippen LogP contribution in [0.1, 0.15) is 5.56 Å². The fourth-order valence-electron chi connectivity index (χ4n) is 2.36. The van der Waals surface area contributed by atoms with E-state index in [1.54, 1.807) is 19.5 Å². The van der Waals surface area contributed by atoms with Crippen LogP contribution < -0.4 is 5.73 Å². The molecule has 110 valence electrons. The molecular weight excluding hydrogens is 256 g/mol. The van der Waals surface area contributed by atoms with Crippen molar-refractivity contribution in [2.45, 2.75) is 12.6 Å². The summed E-state index contributed by atoms with van der Waals surface area (Å²) in [6.07, 6.45) is 3.61. The average Bonchev–Trinajstić information content (AvgIpc) is 2.48. The maximum Gasteiger partial charge on any atom is 0.241 e. The molecule has 1 aliphatic heterocycles. The fraction of sp³-hybridized carbons (Fsp3) is 0.571. The summed E-state index contributed by atoms with van der Waals surface area (Å²) >= 11 is 0. The molecule has 1 fully saturated rings. The normalized spacial score (nSPS) is 18.0. The van der Waals surface area contributed by atoms with Gasteiger partial charge in [-0.3, -0.25) is 14.7 Å². The Labute approximate surface area is 119 Å². The number of carbonyl (C=O) groups is 1. The van der Waals surface area contributed by atoms with E-state index in [4.69, 9.17) is 10.5 Å². The van der Waals surface area contributed by atoms with Crippen molar-refractivity contribution >= 4 is 5.91 Å². The number of rotatable bonds is 5. The van der Waals surface area contributed by atoms with Gasteiger partial charge in [0.1, 0.15) is 6.04 Å². The zero-order valence-electron chi connectivity index (χ0n) is 11.9. The number of carbonyl (C=O) groups excluding carboxylic acids is 1. The van der Waals surface area contributed by atoms with Crippen molar-refractivity contribution in [3.05, 3.63) is 30.1 Å². The molecule has 2 heterocycles. The lowest BCUT2D eigenvalue weighted by Crippen LogP contribution is -2.53. The van der Waals surface area contributed by atoms with Crippen LogP contribution in [0.5, 0.6) is 0 Å². The Bertz CT molecular complexity index is 418. The fourth-order valence-corrected chi connectivity index (χ4v) is 2.36. The second kappa shape index (κ2) is 7.33. The van der Waals surface area contributed by atoms with E-state index in [1.807, 2.05) is 17.0 Å². The molecule has 1 amide bonds. The Morgan fingerprint density at radius 1 is 1.35 bits per heavy atom. The van der Waals surface area contributed by atoms with Crippen LogP contribution in [0, 0.1) is 0 Å². The largest absolute Gasteiger partial charge is 0.383 e. The molecule has 1 saturated heterocycles. The third kappa shape index (κ3) is 4.00. The Hall–Kier alpha value is -1.50. The van der Waals surface area contributed by atoms with Gasteiger partial charge in [0.15, 0.2) is 0 Å². The van der Waals surface area contributed by atoms with Crippen LogP contribution in [0.3, 0.4) is 0 Å². The summed E-state index contributed by atoms with van der Waals surface area (Å²) < 4.78 is 4.93.